The Labute approximate surface area is 89.4 Å². The van der Waals surface area contributed by atoms with Gasteiger partial charge in [0.25, 0.3) is 5.91 Å². The van der Waals surface area contributed by atoms with Crippen molar-refractivity contribution in [1.29, 1.82) is 0 Å². The van der Waals surface area contributed by atoms with Crippen LogP contribution in [0, 0.1) is 6.92 Å². The van der Waals surface area contributed by atoms with Crippen LogP contribution in [0.25, 0.3) is 0 Å². The van der Waals surface area contributed by atoms with E-state index in [1.807, 2.05) is 31.2 Å². The third-order valence-electron chi connectivity index (χ3n) is 1.83. The number of benzene rings is 1. The number of anilines is 1. The zero-order valence-electron chi connectivity index (χ0n) is 8.24. The van der Waals surface area contributed by atoms with Crippen LogP contribution in [0.4, 0.5) is 5.69 Å². The summed E-state index contributed by atoms with van der Waals surface area (Å²) in [7, 11) is 0. The summed E-state index contributed by atoms with van der Waals surface area (Å²) in [6.07, 6.45) is 0. The number of hydrogen-bond donors (Lipinski definition) is 2. The predicted octanol–water partition coefficient (Wildman–Crippen LogP) is 2.77. The highest BCUT2D eigenvalue weighted by Gasteiger charge is 2.03. The summed E-state index contributed by atoms with van der Waals surface area (Å²) >= 11 is 3.92. The van der Waals surface area contributed by atoms with Crippen LogP contribution in [0.2, 0.25) is 0 Å². The van der Waals surface area contributed by atoms with E-state index in [1.165, 1.54) is 5.41 Å². The third kappa shape index (κ3) is 2.92. The summed E-state index contributed by atoms with van der Waals surface area (Å²) in [6, 6.07) is 7.67. The molecule has 1 aromatic rings. The fourth-order valence-electron chi connectivity index (χ4n) is 1.01. The summed E-state index contributed by atoms with van der Waals surface area (Å²) in [5.41, 5.74) is 2.52. The largest absolute Gasteiger partial charge is 0.322 e. The number of carbonyl (C=O) groups excluding carboxylic acids is 1. The van der Waals surface area contributed by atoms with Gasteiger partial charge in [0.05, 0.1) is 0 Å². The molecule has 0 atom stereocenters. The number of amides is 1. The Balaban J connectivity index is 2.75. The van der Waals surface area contributed by atoms with Gasteiger partial charge in [0.1, 0.15) is 0 Å². The van der Waals surface area contributed by atoms with Crippen molar-refractivity contribution in [3.8, 4) is 0 Å². The van der Waals surface area contributed by atoms with Crippen molar-refractivity contribution in [2.75, 3.05) is 5.32 Å². The molecule has 1 N–H and O–H groups in total. The molecule has 1 rings (SSSR count). The molecule has 0 spiro atoms. The molecule has 3 heteroatoms. The van der Waals surface area contributed by atoms with Gasteiger partial charge in [-0.15, -0.1) is 0 Å². The highest BCUT2D eigenvalue weighted by Crippen LogP contribution is 2.10. The van der Waals surface area contributed by atoms with E-state index >= 15 is 0 Å². The summed E-state index contributed by atoms with van der Waals surface area (Å²) in [5.74, 6) is -0.120. The molecule has 0 bridgehead atoms. The molecular formula is C11H13NOS. The monoisotopic (exact) mass is 207 g/mol. The Morgan fingerprint density at radius 2 is 2.21 bits per heavy atom. The summed E-state index contributed by atoms with van der Waals surface area (Å²) in [6.45, 7) is 3.70. The maximum Gasteiger partial charge on any atom is 0.251 e. The van der Waals surface area contributed by atoms with Crippen molar-refractivity contribution in [2.45, 2.75) is 13.8 Å². The van der Waals surface area contributed by atoms with Crippen molar-refractivity contribution in [1.82, 2.24) is 0 Å². The molecule has 1 aromatic carbocycles. The average Bonchev–Trinajstić information content (AvgIpc) is 2.16. The van der Waals surface area contributed by atoms with Crippen LogP contribution >= 0.6 is 12.6 Å². The number of thiol groups is 1. The van der Waals surface area contributed by atoms with Gasteiger partial charge in [0.15, 0.2) is 0 Å². The lowest BCUT2D eigenvalue weighted by atomic mass is 10.2. The van der Waals surface area contributed by atoms with Crippen molar-refractivity contribution in [3.05, 3.63) is 40.8 Å². The van der Waals surface area contributed by atoms with E-state index in [0.29, 0.717) is 5.57 Å². The molecule has 0 heterocycles. The second-order valence-corrected chi connectivity index (χ2v) is 3.39. The van der Waals surface area contributed by atoms with Crippen LogP contribution in [0.1, 0.15) is 12.5 Å². The van der Waals surface area contributed by atoms with Gasteiger partial charge in [-0.3, -0.25) is 4.79 Å². The van der Waals surface area contributed by atoms with Gasteiger partial charge in [-0.05, 0) is 37.0 Å². The van der Waals surface area contributed by atoms with Crippen molar-refractivity contribution < 1.29 is 4.79 Å². The van der Waals surface area contributed by atoms with Gasteiger partial charge < -0.3 is 5.32 Å². The molecule has 1 amide bonds. The highest BCUT2D eigenvalue weighted by atomic mass is 32.1. The lowest BCUT2D eigenvalue weighted by molar-refractivity contribution is -0.112. The first-order valence-corrected chi connectivity index (χ1v) is 4.84. The molecule has 0 radical (unpaired) electrons. The van der Waals surface area contributed by atoms with Crippen LogP contribution in [-0.4, -0.2) is 5.91 Å². The molecule has 0 aliphatic carbocycles. The molecule has 74 valence electrons. The maximum absolute atomic E-state index is 11.4. The second-order valence-electron chi connectivity index (χ2n) is 3.14. The summed E-state index contributed by atoms with van der Waals surface area (Å²) in [5, 5.41) is 4.27. The Hall–Kier alpha value is -1.22. The molecule has 0 aromatic heterocycles. The van der Waals surface area contributed by atoms with Crippen LogP contribution in [0.15, 0.2) is 35.2 Å². The number of aryl methyl sites for hydroxylation is 1. The van der Waals surface area contributed by atoms with Crippen LogP contribution in [0.5, 0.6) is 0 Å². The second kappa shape index (κ2) is 4.86. The molecule has 0 saturated heterocycles. The predicted molar refractivity (Wildman–Crippen MR) is 62.6 cm³/mol. The number of hydrogen-bond acceptors (Lipinski definition) is 2. The first kappa shape index (κ1) is 10.9. The molecule has 0 aliphatic rings. The van der Waals surface area contributed by atoms with E-state index in [9.17, 15) is 4.79 Å². The van der Waals surface area contributed by atoms with Gasteiger partial charge in [-0.1, -0.05) is 12.1 Å². The van der Waals surface area contributed by atoms with Crippen LogP contribution in [0.3, 0.4) is 0 Å². The first-order chi connectivity index (χ1) is 6.63. The van der Waals surface area contributed by atoms with E-state index in [0.717, 1.165) is 11.3 Å². The summed E-state index contributed by atoms with van der Waals surface area (Å²) < 4.78 is 0. The first-order valence-electron chi connectivity index (χ1n) is 4.32. The zero-order chi connectivity index (χ0) is 10.6. The number of carbonyl (C=O) groups is 1. The smallest absolute Gasteiger partial charge is 0.251 e. The molecule has 2 nitrogen and oxygen atoms in total. The van der Waals surface area contributed by atoms with Crippen LogP contribution < -0.4 is 5.32 Å². The van der Waals surface area contributed by atoms with Gasteiger partial charge in [-0.2, -0.15) is 12.6 Å². The fourth-order valence-corrected chi connectivity index (χ4v) is 1.13. The standard InChI is InChI=1S/C11H13NOS/c1-8-4-3-5-10(6-8)12-11(13)9(2)7-14/h3-7,14H,1-2H3,(H,12,13)/b9-7+. The number of nitrogens with one attached hydrogen (secondary N) is 1. The Kier molecular flexibility index (Phi) is 3.77. The number of rotatable bonds is 2. The molecule has 0 aliphatic heterocycles. The molecule has 0 unspecified atom stereocenters. The Morgan fingerprint density at radius 1 is 1.50 bits per heavy atom. The fraction of sp³-hybridized carbons (Fsp3) is 0.182. The van der Waals surface area contributed by atoms with Gasteiger partial charge in [0.2, 0.25) is 0 Å². The lowest BCUT2D eigenvalue weighted by Crippen LogP contribution is -2.12. The SMILES string of the molecule is C/C(=C\S)C(=O)Nc1cccc(C)c1. The van der Waals surface area contributed by atoms with E-state index in [2.05, 4.69) is 17.9 Å². The van der Waals surface area contributed by atoms with Crippen LogP contribution in [-0.2, 0) is 4.79 Å². The van der Waals surface area contributed by atoms with Crippen molar-refractivity contribution >= 4 is 24.2 Å². The average molecular weight is 207 g/mol. The van der Waals surface area contributed by atoms with E-state index in [4.69, 9.17) is 0 Å². The normalized spacial score (nSPS) is 11.2. The quantitative estimate of drug-likeness (QED) is 0.566. The van der Waals surface area contributed by atoms with E-state index in [-0.39, 0.29) is 5.91 Å². The molecule has 14 heavy (non-hydrogen) atoms. The van der Waals surface area contributed by atoms with Crippen molar-refractivity contribution in [2.24, 2.45) is 0 Å². The highest BCUT2D eigenvalue weighted by molar-refractivity contribution is 7.83. The van der Waals surface area contributed by atoms with E-state index in [1.54, 1.807) is 6.92 Å². The molecular weight excluding hydrogens is 194 g/mol. The minimum Gasteiger partial charge on any atom is -0.322 e. The van der Waals surface area contributed by atoms with Gasteiger partial charge in [0, 0.05) is 11.3 Å². The minimum absolute atomic E-state index is 0.120. The third-order valence-corrected chi connectivity index (χ3v) is 2.22. The lowest BCUT2D eigenvalue weighted by Gasteiger charge is -2.05. The zero-order valence-corrected chi connectivity index (χ0v) is 9.14. The Morgan fingerprint density at radius 3 is 2.79 bits per heavy atom. The molecule has 0 fully saturated rings. The topological polar surface area (TPSA) is 29.1 Å². The van der Waals surface area contributed by atoms with Gasteiger partial charge >= 0.3 is 0 Å². The maximum atomic E-state index is 11.4. The van der Waals surface area contributed by atoms with Crippen molar-refractivity contribution in [3.63, 3.8) is 0 Å². The van der Waals surface area contributed by atoms with E-state index < -0.39 is 0 Å². The Bertz CT molecular complexity index is 371. The minimum atomic E-state index is -0.120. The molecule has 0 saturated carbocycles. The van der Waals surface area contributed by atoms with Gasteiger partial charge in [-0.25, -0.2) is 0 Å². The summed E-state index contributed by atoms with van der Waals surface area (Å²) in [4.78, 5) is 11.4.